The van der Waals surface area contributed by atoms with Gasteiger partial charge in [0, 0.05) is 19.0 Å². The van der Waals surface area contributed by atoms with Gasteiger partial charge in [-0.15, -0.1) is 0 Å². The van der Waals surface area contributed by atoms with Gasteiger partial charge in [-0.1, -0.05) is 6.07 Å². The fourth-order valence-electron chi connectivity index (χ4n) is 2.49. The molecule has 0 spiro atoms. The van der Waals surface area contributed by atoms with Crippen molar-refractivity contribution in [3.8, 4) is 5.75 Å². The molecule has 4 nitrogen and oxygen atoms in total. The zero-order chi connectivity index (χ0) is 16.4. The van der Waals surface area contributed by atoms with Crippen LogP contribution in [-0.4, -0.2) is 24.2 Å². The summed E-state index contributed by atoms with van der Waals surface area (Å²) >= 11 is 0. The third-order valence-corrected chi connectivity index (χ3v) is 3.73. The molecule has 0 saturated carbocycles. The summed E-state index contributed by atoms with van der Waals surface area (Å²) in [5.41, 5.74) is 1.40. The van der Waals surface area contributed by atoms with Crippen molar-refractivity contribution in [1.29, 1.82) is 0 Å². The van der Waals surface area contributed by atoms with Gasteiger partial charge in [0.25, 0.3) is 5.91 Å². The quantitative estimate of drug-likeness (QED) is 0.909. The van der Waals surface area contributed by atoms with E-state index in [1.54, 1.807) is 12.1 Å². The molecule has 0 aromatic heterocycles. The van der Waals surface area contributed by atoms with Crippen LogP contribution in [0.4, 0.5) is 8.78 Å². The summed E-state index contributed by atoms with van der Waals surface area (Å²) in [5.74, 6) is -1.59. The number of ether oxygens (including phenoxy) is 1. The molecule has 1 aliphatic rings. The van der Waals surface area contributed by atoms with Gasteiger partial charge in [-0.25, -0.2) is 8.78 Å². The smallest absolute Gasteiger partial charge is 0.254 e. The number of amides is 1. The predicted molar refractivity (Wildman–Crippen MR) is 79.3 cm³/mol. The number of hydrogen-bond acceptors (Lipinski definition) is 3. The highest BCUT2D eigenvalue weighted by atomic mass is 19.1. The first kappa shape index (κ1) is 15.4. The summed E-state index contributed by atoms with van der Waals surface area (Å²) in [6, 6.07) is 8.05. The van der Waals surface area contributed by atoms with Gasteiger partial charge in [0.15, 0.2) is 0 Å². The van der Waals surface area contributed by atoms with Crippen molar-refractivity contribution < 1.29 is 23.4 Å². The second kappa shape index (κ2) is 6.34. The Labute approximate surface area is 131 Å². The normalized spacial score (nSPS) is 14.0. The number of rotatable bonds is 4. The molecule has 2 aromatic rings. The first-order valence-electron chi connectivity index (χ1n) is 7.21. The van der Waals surface area contributed by atoms with Crippen LogP contribution in [0.15, 0.2) is 36.4 Å². The Hall–Kier alpha value is -2.47. The van der Waals surface area contributed by atoms with Crippen molar-refractivity contribution in [2.24, 2.45) is 0 Å². The number of aliphatic hydroxyl groups is 1. The van der Waals surface area contributed by atoms with Crippen LogP contribution < -0.4 is 10.1 Å². The van der Waals surface area contributed by atoms with Gasteiger partial charge in [0.1, 0.15) is 17.4 Å². The van der Waals surface area contributed by atoms with Crippen molar-refractivity contribution >= 4 is 5.91 Å². The Morgan fingerprint density at radius 1 is 1.26 bits per heavy atom. The van der Waals surface area contributed by atoms with E-state index in [0.717, 1.165) is 29.9 Å². The Balaban J connectivity index is 1.64. The lowest BCUT2D eigenvalue weighted by Gasteiger charge is -2.13. The summed E-state index contributed by atoms with van der Waals surface area (Å²) < 4.78 is 31.7. The average molecular weight is 319 g/mol. The third-order valence-electron chi connectivity index (χ3n) is 3.73. The van der Waals surface area contributed by atoms with Gasteiger partial charge >= 0.3 is 0 Å². The van der Waals surface area contributed by atoms with Crippen LogP contribution in [-0.2, 0) is 6.42 Å². The van der Waals surface area contributed by atoms with Crippen molar-refractivity contribution in [3.63, 3.8) is 0 Å². The molecule has 0 bridgehead atoms. The number of fused-ring (bicyclic) bond motifs is 1. The predicted octanol–water partition coefficient (Wildman–Crippen LogP) is 2.36. The van der Waals surface area contributed by atoms with Crippen molar-refractivity contribution in [2.45, 2.75) is 12.5 Å². The molecule has 0 aliphatic carbocycles. The highest BCUT2D eigenvalue weighted by Crippen LogP contribution is 2.28. The summed E-state index contributed by atoms with van der Waals surface area (Å²) in [5, 5.41) is 12.6. The number of carbonyl (C=O) groups is 1. The van der Waals surface area contributed by atoms with E-state index in [4.69, 9.17) is 4.74 Å². The van der Waals surface area contributed by atoms with Crippen LogP contribution in [0.5, 0.6) is 5.75 Å². The topological polar surface area (TPSA) is 58.6 Å². The van der Waals surface area contributed by atoms with E-state index in [1.807, 2.05) is 6.07 Å². The Morgan fingerprint density at radius 3 is 2.87 bits per heavy atom. The van der Waals surface area contributed by atoms with Crippen molar-refractivity contribution in [1.82, 2.24) is 5.32 Å². The maximum absolute atomic E-state index is 13.5. The van der Waals surface area contributed by atoms with Gasteiger partial charge in [-0.05, 0) is 35.4 Å². The molecule has 2 aromatic carbocycles. The average Bonchev–Trinajstić information content (AvgIpc) is 2.99. The molecule has 120 valence electrons. The van der Waals surface area contributed by atoms with Crippen LogP contribution in [0.3, 0.4) is 0 Å². The Morgan fingerprint density at radius 2 is 2.09 bits per heavy atom. The lowest BCUT2D eigenvalue weighted by molar-refractivity contribution is 0.0912. The lowest BCUT2D eigenvalue weighted by atomic mass is 10.0. The van der Waals surface area contributed by atoms with E-state index in [0.29, 0.717) is 18.2 Å². The van der Waals surface area contributed by atoms with Gasteiger partial charge in [0.05, 0.1) is 18.3 Å². The van der Waals surface area contributed by atoms with Crippen molar-refractivity contribution in [3.05, 3.63) is 64.7 Å². The van der Waals surface area contributed by atoms with Gasteiger partial charge in [0.2, 0.25) is 0 Å². The molecular weight excluding hydrogens is 304 g/mol. The molecule has 0 saturated heterocycles. The monoisotopic (exact) mass is 319 g/mol. The van der Waals surface area contributed by atoms with Crippen LogP contribution in [0.25, 0.3) is 0 Å². The van der Waals surface area contributed by atoms with E-state index >= 15 is 0 Å². The molecule has 1 atom stereocenters. The number of aliphatic hydroxyl groups excluding tert-OH is 1. The minimum atomic E-state index is -0.938. The van der Waals surface area contributed by atoms with Gasteiger partial charge in [-0.3, -0.25) is 4.79 Å². The van der Waals surface area contributed by atoms with E-state index in [1.165, 1.54) is 0 Å². The fraction of sp³-hybridized carbons (Fsp3) is 0.235. The highest BCUT2D eigenvalue weighted by Gasteiger charge is 2.17. The van der Waals surface area contributed by atoms with E-state index in [2.05, 4.69) is 5.32 Å². The number of benzene rings is 2. The first-order valence-corrected chi connectivity index (χ1v) is 7.21. The standard InChI is InChI=1S/C17H15F2NO3/c18-12-2-3-13(14(19)8-12)17(22)20-9-15(21)10-1-4-16-11(7-10)5-6-23-16/h1-4,7-8,15,21H,5-6,9H2,(H,20,22). The largest absolute Gasteiger partial charge is 0.493 e. The molecular formula is C17H15F2NO3. The molecule has 1 aliphatic heterocycles. The number of nitrogens with one attached hydrogen (secondary N) is 1. The van der Waals surface area contributed by atoms with E-state index < -0.39 is 23.6 Å². The second-order valence-electron chi connectivity index (χ2n) is 5.32. The molecule has 1 heterocycles. The van der Waals surface area contributed by atoms with E-state index in [-0.39, 0.29) is 12.1 Å². The molecule has 1 unspecified atom stereocenters. The Bertz CT molecular complexity index is 749. The SMILES string of the molecule is O=C(NCC(O)c1ccc2c(c1)CCO2)c1ccc(F)cc1F. The van der Waals surface area contributed by atoms with Gasteiger partial charge in [-0.2, -0.15) is 0 Å². The lowest BCUT2D eigenvalue weighted by Crippen LogP contribution is -2.29. The van der Waals surface area contributed by atoms with Gasteiger partial charge < -0.3 is 15.2 Å². The summed E-state index contributed by atoms with van der Waals surface area (Å²) in [6.07, 6.45) is -0.142. The Kier molecular flexibility index (Phi) is 4.25. The van der Waals surface area contributed by atoms with Crippen LogP contribution in [0.2, 0.25) is 0 Å². The minimum Gasteiger partial charge on any atom is -0.493 e. The molecule has 6 heteroatoms. The summed E-state index contributed by atoms with van der Waals surface area (Å²) in [7, 11) is 0. The molecule has 2 N–H and O–H groups in total. The fourth-order valence-corrected chi connectivity index (χ4v) is 2.49. The number of halogens is 2. The highest BCUT2D eigenvalue weighted by molar-refractivity contribution is 5.94. The maximum Gasteiger partial charge on any atom is 0.254 e. The molecule has 3 rings (SSSR count). The third kappa shape index (κ3) is 3.32. The molecule has 1 amide bonds. The summed E-state index contributed by atoms with van der Waals surface area (Å²) in [6.45, 7) is 0.546. The zero-order valence-corrected chi connectivity index (χ0v) is 12.2. The zero-order valence-electron chi connectivity index (χ0n) is 12.2. The van der Waals surface area contributed by atoms with E-state index in [9.17, 15) is 18.7 Å². The van der Waals surface area contributed by atoms with Crippen LogP contribution in [0, 0.1) is 11.6 Å². The van der Waals surface area contributed by atoms with Crippen molar-refractivity contribution in [2.75, 3.05) is 13.2 Å². The minimum absolute atomic E-state index is 0.0741. The number of hydrogen-bond donors (Lipinski definition) is 2. The summed E-state index contributed by atoms with van der Waals surface area (Å²) in [4.78, 5) is 11.9. The molecule has 0 fully saturated rings. The first-order chi connectivity index (χ1) is 11.0. The molecule has 23 heavy (non-hydrogen) atoms. The van der Waals surface area contributed by atoms with Crippen LogP contribution in [0.1, 0.15) is 27.6 Å². The molecule has 0 radical (unpaired) electrons. The second-order valence-corrected chi connectivity index (χ2v) is 5.32. The maximum atomic E-state index is 13.5. The number of carbonyl (C=O) groups excluding carboxylic acids is 1. The van der Waals surface area contributed by atoms with Crippen LogP contribution >= 0.6 is 0 Å².